The molecule has 0 saturated carbocycles. The molecule has 8 nitrogen and oxygen atoms in total. The maximum atomic E-state index is 12.3. The van der Waals surface area contributed by atoms with Crippen LogP contribution >= 0.6 is 11.3 Å². The zero-order valence-electron chi connectivity index (χ0n) is 12.9. The van der Waals surface area contributed by atoms with Crippen LogP contribution in [0.1, 0.15) is 20.8 Å². The molecule has 0 aliphatic heterocycles. The molecule has 2 amide bonds. The lowest BCUT2D eigenvalue weighted by atomic mass is 10.2. The molecule has 0 bridgehead atoms. The van der Waals surface area contributed by atoms with Gasteiger partial charge in [0.2, 0.25) is 0 Å². The zero-order chi connectivity index (χ0) is 17.8. The highest BCUT2D eigenvalue weighted by Crippen LogP contribution is 2.30. The molecule has 0 saturated heterocycles. The first-order valence-corrected chi connectivity index (χ1v) is 7.99. The van der Waals surface area contributed by atoms with E-state index in [-0.39, 0.29) is 16.6 Å². The fourth-order valence-corrected chi connectivity index (χ4v) is 2.88. The van der Waals surface area contributed by atoms with Crippen molar-refractivity contribution in [2.75, 3.05) is 16.4 Å². The van der Waals surface area contributed by atoms with Crippen molar-refractivity contribution in [3.05, 3.63) is 60.0 Å². The maximum Gasteiger partial charge on any atom is 0.270 e. The molecule has 6 N–H and O–H groups in total. The average Bonchev–Trinajstić information content (AvgIpc) is 2.99. The molecule has 0 radical (unpaired) electrons. The van der Waals surface area contributed by atoms with E-state index in [4.69, 9.17) is 11.5 Å². The van der Waals surface area contributed by atoms with Gasteiger partial charge in [0.15, 0.2) is 10.8 Å². The fraction of sp³-hybridized carbons (Fsp3) is 0. The highest BCUT2D eigenvalue weighted by atomic mass is 32.1. The van der Waals surface area contributed by atoms with E-state index in [1.165, 1.54) is 0 Å². The number of carbonyl (C=O) groups excluding carboxylic acids is 2. The maximum absolute atomic E-state index is 12.3. The minimum Gasteiger partial charge on any atom is -0.399 e. The number of aromatic nitrogens is 2. The summed E-state index contributed by atoms with van der Waals surface area (Å²) in [7, 11) is 0. The third-order valence-electron chi connectivity index (χ3n) is 3.19. The van der Waals surface area contributed by atoms with Crippen molar-refractivity contribution in [3.8, 4) is 0 Å². The van der Waals surface area contributed by atoms with E-state index in [2.05, 4.69) is 20.6 Å². The summed E-state index contributed by atoms with van der Waals surface area (Å²) in [6, 6.07) is 9.91. The Morgan fingerprint density at radius 3 is 2.36 bits per heavy atom. The van der Waals surface area contributed by atoms with E-state index >= 15 is 0 Å². The summed E-state index contributed by atoms with van der Waals surface area (Å²) >= 11 is 1.11. The Hall–Kier alpha value is -3.46. The number of nitrogens with two attached hydrogens (primary N) is 2. The van der Waals surface area contributed by atoms with Crippen LogP contribution in [-0.2, 0) is 0 Å². The number of anilines is 4. The van der Waals surface area contributed by atoms with Gasteiger partial charge in [-0.1, -0.05) is 11.3 Å². The Kier molecular flexibility index (Phi) is 4.57. The van der Waals surface area contributed by atoms with Crippen LogP contribution in [0.15, 0.2) is 48.8 Å². The molecule has 0 unspecified atom stereocenters. The van der Waals surface area contributed by atoms with Gasteiger partial charge in [-0.05, 0) is 36.4 Å². The van der Waals surface area contributed by atoms with Gasteiger partial charge in [0.05, 0.1) is 0 Å². The van der Waals surface area contributed by atoms with E-state index in [1.807, 2.05) is 0 Å². The van der Waals surface area contributed by atoms with Gasteiger partial charge in [-0.2, -0.15) is 0 Å². The molecular formula is C16H14N6O2S. The van der Waals surface area contributed by atoms with Crippen LogP contribution < -0.4 is 22.1 Å². The molecule has 2 heterocycles. The van der Waals surface area contributed by atoms with Crippen LogP contribution in [0.25, 0.3) is 0 Å². The summed E-state index contributed by atoms with van der Waals surface area (Å²) in [5.41, 5.74) is 12.7. The fourth-order valence-electron chi connectivity index (χ4n) is 1.99. The van der Waals surface area contributed by atoms with Gasteiger partial charge in [0.1, 0.15) is 5.00 Å². The van der Waals surface area contributed by atoms with Crippen molar-refractivity contribution in [2.45, 2.75) is 0 Å². The second-order valence-electron chi connectivity index (χ2n) is 5.00. The topological polar surface area (TPSA) is 136 Å². The molecule has 126 valence electrons. The Morgan fingerprint density at radius 1 is 1.04 bits per heavy atom. The number of pyridine rings is 1. The normalized spacial score (nSPS) is 10.2. The lowest BCUT2D eigenvalue weighted by Gasteiger charge is -2.04. The number of carbonyl (C=O) groups is 2. The second-order valence-corrected chi connectivity index (χ2v) is 6.00. The first-order valence-electron chi connectivity index (χ1n) is 7.17. The van der Waals surface area contributed by atoms with Crippen molar-refractivity contribution in [3.63, 3.8) is 0 Å². The van der Waals surface area contributed by atoms with Gasteiger partial charge < -0.3 is 22.1 Å². The Labute approximate surface area is 146 Å². The third-order valence-corrected chi connectivity index (χ3v) is 4.08. The number of nitrogens with one attached hydrogen (secondary N) is 2. The Balaban J connectivity index is 1.83. The van der Waals surface area contributed by atoms with Crippen LogP contribution in [0, 0.1) is 0 Å². The van der Waals surface area contributed by atoms with Crippen molar-refractivity contribution in [2.24, 2.45) is 5.73 Å². The second kappa shape index (κ2) is 6.97. The minimum absolute atomic E-state index is 0.00893. The van der Waals surface area contributed by atoms with Gasteiger partial charge in [-0.15, -0.1) is 0 Å². The number of nitrogens with zero attached hydrogens (tertiary/aromatic N) is 2. The molecule has 0 aliphatic rings. The van der Waals surface area contributed by atoms with Crippen LogP contribution in [0.2, 0.25) is 0 Å². The molecule has 0 atom stereocenters. The van der Waals surface area contributed by atoms with E-state index in [0.29, 0.717) is 16.4 Å². The largest absolute Gasteiger partial charge is 0.399 e. The smallest absolute Gasteiger partial charge is 0.270 e. The monoisotopic (exact) mass is 354 g/mol. The number of nitrogen functional groups attached to an aromatic ring is 1. The van der Waals surface area contributed by atoms with Crippen molar-refractivity contribution >= 4 is 44.7 Å². The molecule has 2 aromatic heterocycles. The van der Waals surface area contributed by atoms with E-state index in [0.717, 1.165) is 17.0 Å². The van der Waals surface area contributed by atoms with Gasteiger partial charge >= 0.3 is 0 Å². The predicted molar refractivity (Wildman–Crippen MR) is 97.0 cm³/mol. The highest BCUT2D eigenvalue weighted by Gasteiger charge is 2.18. The van der Waals surface area contributed by atoms with Gasteiger partial charge in [0.25, 0.3) is 11.8 Å². The molecule has 0 fully saturated rings. The van der Waals surface area contributed by atoms with E-state index < -0.39 is 5.91 Å². The molecule has 0 aliphatic carbocycles. The number of hydrogen-bond acceptors (Lipinski definition) is 7. The molecule has 3 aromatic rings. The predicted octanol–water partition coefficient (Wildman–Crippen LogP) is 2.22. The van der Waals surface area contributed by atoms with Crippen LogP contribution in [-0.4, -0.2) is 21.8 Å². The minimum atomic E-state index is -0.730. The van der Waals surface area contributed by atoms with E-state index in [9.17, 15) is 9.59 Å². The van der Waals surface area contributed by atoms with Crippen LogP contribution in [0.4, 0.5) is 21.5 Å². The van der Waals surface area contributed by atoms with Crippen molar-refractivity contribution in [1.82, 2.24) is 9.97 Å². The number of amides is 2. The summed E-state index contributed by atoms with van der Waals surface area (Å²) in [6.45, 7) is 0. The van der Waals surface area contributed by atoms with Crippen molar-refractivity contribution in [1.29, 1.82) is 0 Å². The summed E-state index contributed by atoms with van der Waals surface area (Å²) in [4.78, 5) is 32.0. The lowest BCUT2D eigenvalue weighted by molar-refractivity contribution is 0.0997. The summed E-state index contributed by atoms with van der Waals surface area (Å²) in [6.07, 6.45) is 3.24. The van der Waals surface area contributed by atoms with Gasteiger partial charge in [-0.3, -0.25) is 14.6 Å². The molecule has 25 heavy (non-hydrogen) atoms. The van der Waals surface area contributed by atoms with Crippen LogP contribution in [0.3, 0.4) is 0 Å². The van der Waals surface area contributed by atoms with Gasteiger partial charge in [-0.25, -0.2) is 4.98 Å². The number of hydrogen-bond donors (Lipinski definition) is 4. The zero-order valence-corrected chi connectivity index (χ0v) is 13.7. The molecular weight excluding hydrogens is 340 g/mol. The highest BCUT2D eigenvalue weighted by molar-refractivity contribution is 7.20. The molecule has 3 rings (SSSR count). The van der Waals surface area contributed by atoms with E-state index in [1.54, 1.807) is 48.8 Å². The SMILES string of the molecule is NC(=O)c1nc(Nc2ccncc2)sc1NC(=O)c1ccc(N)cc1. The average molecular weight is 354 g/mol. The number of primary amides is 1. The lowest BCUT2D eigenvalue weighted by Crippen LogP contribution is -2.17. The van der Waals surface area contributed by atoms with Crippen LogP contribution in [0.5, 0.6) is 0 Å². The number of rotatable bonds is 5. The summed E-state index contributed by atoms with van der Waals surface area (Å²) in [5.74, 6) is -1.12. The molecule has 0 spiro atoms. The number of benzene rings is 1. The first-order chi connectivity index (χ1) is 12.0. The number of thiazole rings is 1. The van der Waals surface area contributed by atoms with Crippen molar-refractivity contribution < 1.29 is 9.59 Å². The third kappa shape index (κ3) is 3.90. The molecule has 1 aromatic carbocycles. The quantitative estimate of drug-likeness (QED) is 0.519. The molecule has 9 heteroatoms. The van der Waals surface area contributed by atoms with Gasteiger partial charge in [0, 0.05) is 29.3 Å². The summed E-state index contributed by atoms with van der Waals surface area (Å²) in [5, 5.41) is 6.38. The first kappa shape index (κ1) is 16.4. The standard InChI is InChI=1S/C16H14N6O2S/c17-10-3-1-9(2-4-10)14(24)22-15-12(13(18)23)21-16(25-15)20-11-5-7-19-8-6-11/h1-8H,17H2,(H2,18,23)(H,22,24)(H,19,20,21). The Bertz CT molecular complexity index is 908. The summed E-state index contributed by atoms with van der Waals surface area (Å²) < 4.78 is 0. The Morgan fingerprint density at radius 2 is 1.72 bits per heavy atom.